The molecular weight excluding hydrogens is 284 g/mol. The zero-order valence-electron chi connectivity index (χ0n) is 12.6. The van der Waals surface area contributed by atoms with Crippen molar-refractivity contribution in [2.75, 3.05) is 38.5 Å². The smallest absolute Gasteiger partial charge is 0.257 e. The molecule has 8 nitrogen and oxygen atoms in total. The maximum absolute atomic E-state index is 12.4. The molecule has 8 heteroatoms. The van der Waals surface area contributed by atoms with Crippen molar-refractivity contribution in [3.05, 3.63) is 29.8 Å². The molecule has 2 aromatic rings. The minimum absolute atomic E-state index is 0.0306. The van der Waals surface area contributed by atoms with E-state index in [1.54, 1.807) is 13.0 Å². The van der Waals surface area contributed by atoms with E-state index in [0.717, 1.165) is 26.2 Å². The van der Waals surface area contributed by atoms with E-state index >= 15 is 0 Å². The number of nitrogens with zero attached hydrogens (tertiary/aromatic N) is 5. The van der Waals surface area contributed by atoms with Crippen molar-refractivity contribution in [2.24, 2.45) is 0 Å². The molecule has 2 aromatic heterocycles. The van der Waals surface area contributed by atoms with E-state index in [-0.39, 0.29) is 5.91 Å². The lowest BCUT2D eigenvalue weighted by Gasteiger charge is -2.32. The van der Waals surface area contributed by atoms with Gasteiger partial charge in [-0.1, -0.05) is 5.16 Å². The van der Waals surface area contributed by atoms with E-state index in [9.17, 15) is 4.79 Å². The predicted octanol–water partition coefficient (Wildman–Crippen LogP) is 0.904. The second-order valence-electron chi connectivity index (χ2n) is 5.34. The molecule has 3 heterocycles. The number of piperazine rings is 1. The van der Waals surface area contributed by atoms with Gasteiger partial charge in [-0.15, -0.1) is 0 Å². The molecule has 0 saturated carbocycles. The van der Waals surface area contributed by atoms with Crippen molar-refractivity contribution in [1.29, 1.82) is 0 Å². The first kappa shape index (κ1) is 14.5. The summed E-state index contributed by atoms with van der Waals surface area (Å²) in [5.74, 6) is 1.58. The largest absolute Gasteiger partial charge is 0.360 e. The molecule has 0 aliphatic carbocycles. The van der Waals surface area contributed by atoms with E-state index in [2.05, 4.69) is 32.4 Å². The Morgan fingerprint density at radius 1 is 1.23 bits per heavy atom. The van der Waals surface area contributed by atoms with Gasteiger partial charge in [-0.05, 0) is 14.0 Å². The highest BCUT2D eigenvalue weighted by Crippen LogP contribution is 2.13. The highest BCUT2D eigenvalue weighted by molar-refractivity contribution is 5.93. The molecule has 0 radical (unpaired) electrons. The average Bonchev–Trinajstić information content (AvgIpc) is 2.93. The molecule has 1 N–H and O–H groups in total. The Labute approximate surface area is 128 Å². The second kappa shape index (κ2) is 6.10. The molecular formula is C14H18N6O2. The third kappa shape index (κ3) is 3.22. The molecule has 0 unspecified atom stereocenters. The summed E-state index contributed by atoms with van der Waals surface area (Å²) in [4.78, 5) is 24.7. The van der Waals surface area contributed by atoms with Gasteiger partial charge in [0.1, 0.15) is 5.76 Å². The summed E-state index contributed by atoms with van der Waals surface area (Å²) in [5.41, 5.74) is 0.492. The quantitative estimate of drug-likeness (QED) is 0.901. The van der Waals surface area contributed by atoms with Gasteiger partial charge in [-0.3, -0.25) is 4.79 Å². The number of rotatable bonds is 3. The van der Waals surface area contributed by atoms with Gasteiger partial charge >= 0.3 is 0 Å². The van der Waals surface area contributed by atoms with Crippen molar-refractivity contribution in [1.82, 2.24) is 24.9 Å². The number of likely N-dealkylation sites (N-methyl/N-ethyl adjacent to an activating group) is 1. The lowest BCUT2D eigenvalue weighted by Crippen LogP contribution is -2.47. The number of nitrogens with one attached hydrogen (secondary N) is 1. The highest BCUT2D eigenvalue weighted by Gasteiger charge is 2.20. The highest BCUT2D eigenvalue weighted by atomic mass is 16.5. The van der Waals surface area contributed by atoms with Crippen LogP contribution in [0.5, 0.6) is 0 Å². The monoisotopic (exact) mass is 302 g/mol. The summed E-state index contributed by atoms with van der Waals surface area (Å²) in [7, 11) is 2.05. The number of carbonyl (C=O) groups excluding carboxylic acids is 1. The molecule has 22 heavy (non-hydrogen) atoms. The average molecular weight is 302 g/mol. The van der Waals surface area contributed by atoms with Crippen LogP contribution in [-0.2, 0) is 0 Å². The molecule has 1 saturated heterocycles. The van der Waals surface area contributed by atoms with E-state index in [4.69, 9.17) is 4.52 Å². The van der Waals surface area contributed by atoms with Crippen LogP contribution >= 0.6 is 0 Å². The lowest BCUT2D eigenvalue weighted by molar-refractivity contribution is 0.0663. The number of aromatic nitrogens is 3. The molecule has 0 spiro atoms. The molecule has 1 amide bonds. The summed E-state index contributed by atoms with van der Waals surface area (Å²) in [6.45, 7) is 5.04. The number of anilines is 2. The molecule has 116 valence electrons. The van der Waals surface area contributed by atoms with Crippen molar-refractivity contribution in [3.8, 4) is 0 Å². The van der Waals surface area contributed by atoms with Gasteiger partial charge in [0.25, 0.3) is 5.91 Å². The standard InChI is InChI=1S/C14H18N6O2/c1-10-7-12(18-22-10)17-14-15-8-11(9-16-14)13(21)20-5-3-19(2)4-6-20/h7-9H,3-6H2,1-2H3,(H,15,16,17,18). The number of aryl methyl sites for hydroxylation is 1. The Kier molecular flexibility index (Phi) is 4.01. The van der Waals surface area contributed by atoms with Gasteiger partial charge < -0.3 is 19.6 Å². The number of hydrogen-bond donors (Lipinski definition) is 1. The number of amides is 1. The first-order chi connectivity index (χ1) is 10.6. The molecule has 0 bridgehead atoms. The molecule has 3 rings (SSSR count). The topological polar surface area (TPSA) is 87.4 Å². The maximum atomic E-state index is 12.4. The SMILES string of the molecule is Cc1cc(Nc2ncc(C(=O)N3CCN(C)CC3)cn2)no1. The molecule has 1 fully saturated rings. The van der Waals surface area contributed by atoms with Crippen LogP contribution in [0, 0.1) is 6.92 Å². The van der Waals surface area contributed by atoms with Crippen LogP contribution in [0.4, 0.5) is 11.8 Å². The number of carbonyl (C=O) groups is 1. The zero-order chi connectivity index (χ0) is 15.5. The third-order valence-electron chi connectivity index (χ3n) is 3.56. The minimum Gasteiger partial charge on any atom is -0.360 e. The van der Waals surface area contributed by atoms with Crippen LogP contribution in [0.1, 0.15) is 16.1 Å². The minimum atomic E-state index is -0.0306. The van der Waals surface area contributed by atoms with Crippen LogP contribution < -0.4 is 5.32 Å². The van der Waals surface area contributed by atoms with Crippen LogP contribution in [0.2, 0.25) is 0 Å². The van der Waals surface area contributed by atoms with Gasteiger partial charge in [0.15, 0.2) is 5.82 Å². The Bertz CT molecular complexity index is 646. The third-order valence-corrected chi connectivity index (χ3v) is 3.56. The van der Waals surface area contributed by atoms with Crippen molar-refractivity contribution < 1.29 is 9.32 Å². The van der Waals surface area contributed by atoms with Crippen LogP contribution in [-0.4, -0.2) is 64.1 Å². The van der Waals surface area contributed by atoms with Crippen molar-refractivity contribution >= 4 is 17.7 Å². The normalized spacial score (nSPS) is 15.8. The summed E-state index contributed by atoms with van der Waals surface area (Å²) in [6.07, 6.45) is 3.06. The summed E-state index contributed by atoms with van der Waals surface area (Å²) < 4.78 is 4.95. The molecule has 0 aromatic carbocycles. The van der Waals surface area contributed by atoms with Crippen molar-refractivity contribution in [2.45, 2.75) is 6.92 Å². The second-order valence-corrected chi connectivity index (χ2v) is 5.34. The Hall–Kier alpha value is -2.48. The van der Waals surface area contributed by atoms with E-state index in [1.165, 1.54) is 12.4 Å². The van der Waals surface area contributed by atoms with E-state index in [1.807, 2.05) is 4.90 Å². The molecule has 1 aliphatic heterocycles. The van der Waals surface area contributed by atoms with E-state index in [0.29, 0.717) is 23.1 Å². The fourth-order valence-corrected chi connectivity index (χ4v) is 2.24. The molecule has 1 aliphatic rings. The first-order valence-electron chi connectivity index (χ1n) is 7.12. The Morgan fingerprint density at radius 2 is 1.91 bits per heavy atom. The van der Waals surface area contributed by atoms with E-state index < -0.39 is 0 Å². The number of hydrogen-bond acceptors (Lipinski definition) is 7. The Balaban J connectivity index is 1.64. The van der Waals surface area contributed by atoms with Gasteiger partial charge in [0.2, 0.25) is 5.95 Å². The van der Waals surface area contributed by atoms with Crippen LogP contribution in [0.3, 0.4) is 0 Å². The predicted molar refractivity (Wildman–Crippen MR) is 80.0 cm³/mol. The summed E-state index contributed by atoms with van der Waals surface area (Å²) >= 11 is 0. The maximum Gasteiger partial charge on any atom is 0.257 e. The fraction of sp³-hybridized carbons (Fsp3) is 0.429. The lowest BCUT2D eigenvalue weighted by atomic mass is 10.2. The van der Waals surface area contributed by atoms with Gasteiger partial charge in [-0.2, -0.15) is 0 Å². The summed E-state index contributed by atoms with van der Waals surface area (Å²) in [5, 5.41) is 6.72. The van der Waals surface area contributed by atoms with Gasteiger partial charge in [0.05, 0.1) is 5.56 Å². The van der Waals surface area contributed by atoms with Crippen LogP contribution in [0.25, 0.3) is 0 Å². The zero-order valence-corrected chi connectivity index (χ0v) is 12.6. The summed E-state index contributed by atoms with van der Waals surface area (Å²) in [6, 6.07) is 1.74. The van der Waals surface area contributed by atoms with Gasteiger partial charge in [0, 0.05) is 44.6 Å². The van der Waals surface area contributed by atoms with Crippen LogP contribution in [0.15, 0.2) is 23.0 Å². The first-order valence-corrected chi connectivity index (χ1v) is 7.12. The van der Waals surface area contributed by atoms with Gasteiger partial charge in [-0.25, -0.2) is 9.97 Å². The fourth-order valence-electron chi connectivity index (χ4n) is 2.24. The molecule has 0 atom stereocenters. The Morgan fingerprint density at radius 3 is 2.50 bits per heavy atom. The van der Waals surface area contributed by atoms with Crippen molar-refractivity contribution in [3.63, 3.8) is 0 Å².